The second-order valence-corrected chi connectivity index (χ2v) is 11.1. The van der Waals surface area contributed by atoms with Gasteiger partial charge in [-0.25, -0.2) is 0 Å². The minimum absolute atomic E-state index is 0.188. The van der Waals surface area contributed by atoms with E-state index in [2.05, 4.69) is 5.32 Å². The van der Waals surface area contributed by atoms with Gasteiger partial charge in [-0.3, -0.25) is 29.4 Å². The number of carbonyl (C=O) groups is 3. The number of benzene rings is 3. The second-order valence-electron chi connectivity index (χ2n) is 10.3. The minimum Gasteiger partial charge on any atom is -0.326 e. The summed E-state index contributed by atoms with van der Waals surface area (Å²) in [5, 5.41) is 15.4. The molecule has 2 atom stereocenters. The van der Waals surface area contributed by atoms with Crippen LogP contribution in [0, 0.1) is 10.1 Å². The molecule has 11 heteroatoms. The van der Waals surface area contributed by atoms with Gasteiger partial charge in [-0.1, -0.05) is 54.6 Å². The van der Waals surface area contributed by atoms with Crippen LogP contribution >= 0.6 is 23.2 Å². The Morgan fingerprint density at radius 2 is 1.54 bits per heavy atom. The number of rotatable bonds is 7. The van der Waals surface area contributed by atoms with E-state index in [9.17, 15) is 24.5 Å². The molecule has 3 aromatic rings. The maximum absolute atomic E-state index is 14.5. The molecular weight excluding hydrogens is 567 g/mol. The van der Waals surface area contributed by atoms with Crippen LogP contribution in [-0.2, 0) is 14.4 Å². The van der Waals surface area contributed by atoms with Crippen molar-refractivity contribution in [3.05, 3.63) is 98.5 Å². The first-order chi connectivity index (χ1) is 19.7. The number of piperazine rings is 1. The van der Waals surface area contributed by atoms with Crippen molar-refractivity contribution < 1.29 is 19.3 Å². The van der Waals surface area contributed by atoms with E-state index in [1.807, 2.05) is 0 Å². The molecule has 2 fully saturated rings. The van der Waals surface area contributed by atoms with Crippen molar-refractivity contribution in [1.82, 2.24) is 4.90 Å². The SMILES string of the molecule is O=C(CC1C(=O)N(c2ccc(Cl)cc2)C(c2cccc([N+](=O)[O-])c2)C(=O)N1C1CCCCC1)Nc1ccc(Cl)cc1. The highest BCUT2D eigenvalue weighted by Gasteiger charge is 2.50. The third-order valence-corrected chi connectivity index (χ3v) is 8.09. The van der Waals surface area contributed by atoms with Gasteiger partial charge >= 0.3 is 0 Å². The summed E-state index contributed by atoms with van der Waals surface area (Å²) in [5.74, 6) is -1.25. The lowest BCUT2D eigenvalue weighted by molar-refractivity contribution is -0.384. The van der Waals surface area contributed by atoms with Crippen LogP contribution in [0.15, 0.2) is 72.8 Å². The lowest BCUT2D eigenvalue weighted by atomic mass is 9.88. The number of amides is 3. The predicted octanol–water partition coefficient (Wildman–Crippen LogP) is 6.55. The third kappa shape index (κ3) is 6.21. The van der Waals surface area contributed by atoms with Crippen LogP contribution in [0.1, 0.15) is 50.1 Å². The molecule has 212 valence electrons. The fourth-order valence-corrected chi connectivity index (χ4v) is 5.94. The number of nitro benzene ring substituents is 1. The van der Waals surface area contributed by atoms with Crippen LogP contribution in [0.25, 0.3) is 0 Å². The summed E-state index contributed by atoms with van der Waals surface area (Å²) in [6, 6.07) is 16.4. The van der Waals surface area contributed by atoms with Gasteiger partial charge in [0.15, 0.2) is 0 Å². The van der Waals surface area contributed by atoms with Crippen molar-refractivity contribution in [2.24, 2.45) is 0 Å². The molecule has 0 spiro atoms. The van der Waals surface area contributed by atoms with Crippen molar-refractivity contribution in [1.29, 1.82) is 0 Å². The third-order valence-electron chi connectivity index (χ3n) is 7.58. The molecule has 9 nitrogen and oxygen atoms in total. The zero-order chi connectivity index (χ0) is 29.1. The number of non-ortho nitro benzene ring substituents is 1. The number of anilines is 2. The van der Waals surface area contributed by atoms with Gasteiger partial charge < -0.3 is 10.2 Å². The lowest BCUT2D eigenvalue weighted by Crippen LogP contribution is -2.64. The zero-order valence-corrected chi connectivity index (χ0v) is 23.6. The van der Waals surface area contributed by atoms with E-state index in [1.165, 1.54) is 23.1 Å². The molecule has 3 aromatic carbocycles. The monoisotopic (exact) mass is 594 g/mol. The second kappa shape index (κ2) is 12.3. The van der Waals surface area contributed by atoms with E-state index in [0.717, 1.165) is 19.3 Å². The smallest absolute Gasteiger partial charge is 0.269 e. The van der Waals surface area contributed by atoms with E-state index in [0.29, 0.717) is 39.8 Å². The molecular formula is C30H28Cl2N4O5. The Balaban J connectivity index is 1.57. The van der Waals surface area contributed by atoms with Crippen LogP contribution in [0.5, 0.6) is 0 Å². The standard InChI is InChI=1S/C30H28Cl2N4O5/c31-20-9-13-22(14-10-20)33-27(37)18-26-29(38)35(24-15-11-21(32)12-16-24)28(19-5-4-8-25(17-19)36(40)41)30(39)34(26)23-6-2-1-3-7-23/h4-5,8-17,23,26,28H,1-3,6-7,18H2,(H,33,37). The maximum Gasteiger partial charge on any atom is 0.269 e. The number of hydrogen-bond acceptors (Lipinski definition) is 5. The summed E-state index contributed by atoms with van der Waals surface area (Å²) >= 11 is 12.1. The Morgan fingerprint density at radius 1 is 0.902 bits per heavy atom. The van der Waals surface area contributed by atoms with Crippen LogP contribution in [0.3, 0.4) is 0 Å². The van der Waals surface area contributed by atoms with Crippen molar-refractivity contribution in [2.75, 3.05) is 10.2 Å². The van der Waals surface area contributed by atoms with Crippen LogP contribution < -0.4 is 10.2 Å². The van der Waals surface area contributed by atoms with Crippen LogP contribution in [-0.4, -0.2) is 39.6 Å². The first-order valence-electron chi connectivity index (χ1n) is 13.4. The van der Waals surface area contributed by atoms with Crippen LogP contribution in [0.2, 0.25) is 10.0 Å². The molecule has 1 saturated carbocycles. The van der Waals surface area contributed by atoms with Crippen molar-refractivity contribution in [2.45, 2.75) is 56.7 Å². The summed E-state index contributed by atoms with van der Waals surface area (Å²) in [4.78, 5) is 56.1. The topological polar surface area (TPSA) is 113 Å². The molecule has 0 radical (unpaired) electrons. The lowest BCUT2D eigenvalue weighted by Gasteiger charge is -2.48. The van der Waals surface area contributed by atoms with Gasteiger partial charge in [0.2, 0.25) is 5.91 Å². The van der Waals surface area contributed by atoms with Gasteiger partial charge in [0.05, 0.1) is 11.3 Å². The average Bonchev–Trinajstić information content (AvgIpc) is 2.97. The Hall–Kier alpha value is -3.95. The summed E-state index contributed by atoms with van der Waals surface area (Å²) in [7, 11) is 0. The van der Waals surface area contributed by atoms with Crippen molar-refractivity contribution in [3.8, 4) is 0 Å². The van der Waals surface area contributed by atoms with Gasteiger partial charge in [-0.15, -0.1) is 0 Å². The Labute approximate surface area is 247 Å². The summed E-state index contributed by atoms with van der Waals surface area (Å²) in [6.45, 7) is 0. The fourth-order valence-electron chi connectivity index (χ4n) is 5.69. The fraction of sp³-hybridized carbons (Fsp3) is 0.300. The Kier molecular flexibility index (Phi) is 8.56. The summed E-state index contributed by atoms with van der Waals surface area (Å²) in [5.41, 5.74) is 1.04. The largest absolute Gasteiger partial charge is 0.326 e. The Morgan fingerprint density at radius 3 is 2.17 bits per heavy atom. The number of nitrogens with one attached hydrogen (secondary N) is 1. The molecule has 1 aliphatic carbocycles. The highest BCUT2D eigenvalue weighted by Crippen LogP contribution is 2.39. The normalized spacial score (nSPS) is 19.8. The molecule has 0 bridgehead atoms. The van der Waals surface area contributed by atoms with Crippen molar-refractivity contribution in [3.63, 3.8) is 0 Å². The number of nitrogens with zero attached hydrogens (tertiary/aromatic N) is 3. The molecule has 2 aliphatic rings. The molecule has 5 rings (SSSR count). The van der Waals surface area contributed by atoms with Crippen LogP contribution in [0.4, 0.5) is 17.1 Å². The van der Waals surface area contributed by atoms with E-state index in [-0.39, 0.29) is 24.1 Å². The first kappa shape index (κ1) is 28.6. The summed E-state index contributed by atoms with van der Waals surface area (Å²) in [6.07, 6.45) is 3.98. The Bertz CT molecular complexity index is 1460. The zero-order valence-electron chi connectivity index (χ0n) is 22.0. The van der Waals surface area contributed by atoms with Gasteiger partial charge in [0.1, 0.15) is 12.1 Å². The van der Waals surface area contributed by atoms with E-state index < -0.39 is 28.8 Å². The molecule has 1 saturated heterocycles. The van der Waals surface area contributed by atoms with Gasteiger partial charge in [0, 0.05) is 39.6 Å². The first-order valence-corrected chi connectivity index (χ1v) is 14.2. The van der Waals surface area contributed by atoms with Gasteiger partial charge in [-0.2, -0.15) is 0 Å². The van der Waals surface area contributed by atoms with Gasteiger partial charge in [-0.05, 0) is 66.9 Å². The number of hydrogen-bond donors (Lipinski definition) is 1. The quantitative estimate of drug-likeness (QED) is 0.246. The average molecular weight is 595 g/mol. The minimum atomic E-state index is -1.15. The van der Waals surface area contributed by atoms with E-state index in [1.54, 1.807) is 59.5 Å². The molecule has 41 heavy (non-hydrogen) atoms. The van der Waals surface area contributed by atoms with Crippen molar-refractivity contribution >= 4 is 58.0 Å². The molecule has 0 aromatic heterocycles. The predicted molar refractivity (Wildman–Crippen MR) is 157 cm³/mol. The number of nitro groups is 1. The molecule has 1 heterocycles. The molecule has 1 aliphatic heterocycles. The van der Waals surface area contributed by atoms with E-state index >= 15 is 0 Å². The molecule has 3 amide bonds. The number of carbonyl (C=O) groups excluding carboxylic acids is 3. The maximum atomic E-state index is 14.5. The molecule has 2 unspecified atom stereocenters. The highest BCUT2D eigenvalue weighted by atomic mass is 35.5. The highest BCUT2D eigenvalue weighted by molar-refractivity contribution is 6.31. The summed E-state index contributed by atoms with van der Waals surface area (Å²) < 4.78 is 0. The molecule has 1 N–H and O–H groups in total. The van der Waals surface area contributed by atoms with E-state index in [4.69, 9.17) is 23.2 Å². The number of halogens is 2. The van der Waals surface area contributed by atoms with Gasteiger partial charge in [0.25, 0.3) is 17.5 Å².